The Morgan fingerprint density at radius 2 is 2.12 bits per heavy atom. The van der Waals surface area contributed by atoms with Crippen LogP contribution in [0.15, 0.2) is 54.0 Å². The third-order valence-corrected chi connectivity index (χ3v) is 2.76. The van der Waals surface area contributed by atoms with E-state index in [0.29, 0.717) is 12.3 Å². The van der Waals surface area contributed by atoms with E-state index < -0.39 is 0 Å². The fourth-order valence-corrected chi connectivity index (χ4v) is 2.00. The highest BCUT2D eigenvalue weighted by atomic mass is 16.1. The molecule has 3 aromatic rings. The van der Waals surface area contributed by atoms with Crippen molar-refractivity contribution in [2.24, 2.45) is 0 Å². The first-order valence-electron chi connectivity index (χ1n) is 5.39. The average Bonchev–Trinajstić information content (AvgIpc) is 2.72. The standard InChI is InChI=1S/C13H11N3O/c1-2-8-16-12(17)7-9-15-11-6-4-3-5-10(11)14-13(15)16/h2-7,9H,1,8H2. The van der Waals surface area contributed by atoms with Gasteiger partial charge in [0.2, 0.25) is 5.78 Å². The maximum atomic E-state index is 11.8. The van der Waals surface area contributed by atoms with Crippen molar-refractivity contribution in [1.82, 2.24) is 14.0 Å². The van der Waals surface area contributed by atoms with Gasteiger partial charge in [-0.1, -0.05) is 18.2 Å². The van der Waals surface area contributed by atoms with Crippen LogP contribution >= 0.6 is 0 Å². The monoisotopic (exact) mass is 225 g/mol. The predicted octanol–water partition coefficient (Wildman–Crippen LogP) is 1.84. The summed E-state index contributed by atoms with van der Waals surface area (Å²) in [5, 5.41) is 0. The van der Waals surface area contributed by atoms with E-state index in [1.807, 2.05) is 28.7 Å². The molecule has 1 aromatic carbocycles. The van der Waals surface area contributed by atoms with Crippen LogP contribution in [-0.2, 0) is 6.54 Å². The van der Waals surface area contributed by atoms with E-state index in [1.165, 1.54) is 0 Å². The highest BCUT2D eigenvalue weighted by Crippen LogP contribution is 2.14. The lowest BCUT2D eigenvalue weighted by Crippen LogP contribution is -2.20. The molecule has 0 atom stereocenters. The van der Waals surface area contributed by atoms with Crippen molar-refractivity contribution < 1.29 is 0 Å². The largest absolute Gasteiger partial charge is 0.285 e. The van der Waals surface area contributed by atoms with Crippen LogP contribution in [0.25, 0.3) is 16.8 Å². The first kappa shape index (κ1) is 9.84. The van der Waals surface area contributed by atoms with Crippen molar-refractivity contribution in [3.05, 3.63) is 59.5 Å². The van der Waals surface area contributed by atoms with Crippen molar-refractivity contribution >= 4 is 16.8 Å². The van der Waals surface area contributed by atoms with Gasteiger partial charge in [0.1, 0.15) is 0 Å². The van der Waals surface area contributed by atoms with Crippen LogP contribution in [0.2, 0.25) is 0 Å². The Hall–Kier alpha value is -2.36. The number of allylic oxidation sites excluding steroid dienone is 1. The normalized spacial score (nSPS) is 11.1. The number of rotatable bonds is 2. The van der Waals surface area contributed by atoms with Gasteiger partial charge in [-0.25, -0.2) is 4.98 Å². The van der Waals surface area contributed by atoms with Crippen molar-refractivity contribution in [3.8, 4) is 0 Å². The minimum atomic E-state index is -0.0623. The molecule has 0 spiro atoms. The van der Waals surface area contributed by atoms with E-state index in [-0.39, 0.29) is 5.56 Å². The molecule has 0 aliphatic rings. The number of aromatic nitrogens is 3. The van der Waals surface area contributed by atoms with Gasteiger partial charge in [-0.05, 0) is 12.1 Å². The molecule has 0 aliphatic heterocycles. The summed E-state index contributed by atoms with van der Waals surface area (Å²) in [4.78, 5) is 16.2. The van der Waals surface area contributed by atoms with Gasteiger partial charge >= 0.3 is 0 Å². The number of nitrogens with zero attached hydrogens (tertiary/aromatic N) is 3. The lowest BCUT2D eigenvalue weighted by Gasteiger charge is -2.03. The third kappa shape index (κ3) is 1.38. The van der Waals surface area contributed by atoms with Crippen LogP contribution < -0.4 is 5.56 Å². The number of para-hydroxylation sites is 2. The summed E-state index contributed by atoms with van der Waals surface area (Å²) in [5.74, 6) is 0.651. The highest BCUT2D eigenvalue weighted by Gasteiger charge is 2.07. The van der Waals surface area contributed by atoms with E-state index in [9.17, 15) is 4.79 Å². The molecule has 0 radical (unpaired) electrons. The van der Waals surface area contributed by atoms with Gasteiger partial charge in [-0.3, -0.25) is 13.8 Å². The summed E-state index contributed by atoms with van der Waals surface area (Å²) in [5.41, 5.74) is 1.82. The number of hydrogen-bond acceptors (Lipinski definition) is 2. The van der Waals surface area contributed by atoms with E-state index >= 15 is 0 Å². The molecule has 2 aromatic heterocycles. The van der Waals surface area contributed by atoms with Gasteiger partial charge in [-0.15, -0.1) is 6.58 Å². The van der Waals surface area contributed by atoms with Crippen molar-refractivity contribution in [2.75, 3.05) is 0 Å². The van der Waals surface area contributed by atoms with Crippen LogP contribution in [0.4, 0.5) is 0 Å². The predicted molar refractivity (Wildman–Crippen MR) is 67.2 cm³/mol. The molecule has 4 nitrogen and oxygen atoms in total. The van der Waals surface area contributed by atoms with Gasteiger partial charge < -0.3 is 0 Å². The average molecular weight is 225 g/mol. The molecular formula is C13H11N3O. The van der Waals surface area contributed by atoms with Gasteiger partial charge in [0.15, 0.2) is 0 Å². The second kappa shape index (κ2) is 3.59. The first-order chi connectivity index (χ1) is 8.31. The Balaban J connectivity index is 2.51. The highest BCUT2D eigenvalue weighted by molar-refractivity contribution is 5.79. The lowest BCUT2D eigenvalue weighted by atomic mass is 10.3. The van der Waals surface area contributed by atoms with Gasteiger partial charge in [0.25, 0.3) is 5.56 Å². The fraction of sp³-hybridized carbons (Fsp3) is 0.0769. The van der Waals surface area contributed by atoms with Crippen LogP contribution in [0.1, 0.15) is 0 Å². The number of fused-ring (bicyclic) bond motifs is 3. The van der Waals surface area contributed by atoms with E-state index in [2.05, 4.69) is 11.6 Å². The lowest BCUT2D eigenvalue weighted by molar-refractivity contribution is 0.777. The van der Waals surface area contributed by atoms with Gasteiger partial charge in [-0.2, -0.15) is 0 Å². The second-order valence-electron chi connectivity index (χ2n) is 3.82. The molecule has 4 heteroatoms. The molecule has 0 aliphatic carbocycles. The smallest absolute Gasteiger partial charge is 0.255 e. The van der Waals surface area contributed by atoms with Crippen molar-refractivity contribution in [3.63, 3.8) is 0 Å². The third-order valence-electron chi connectivity index (χ3n) is 2.76. The van der Waals surface area contributed by atoms with Crippen LogP contribution in [0.3, 0.4) is 0 Å². The molecule has 2 heterocycles. The summed E-state index contributed by atoms with van der Waals surface area (Å²) in [7, 11) is 0. The Morgan fingerprint density at radius 1 is 1.29 bits per heavy atom. The molecule has 0 saturated heterocycles. The summed E-state index contributed by atoms with van der Waals surface area (Å²) >= 11 is 0. The van der Waals surface area contributed by atoms with E-state index in [0.717, 1.165) is 11.0 Å². The molecule has 0 saturated carbocycles. The molecular weight excluding hydrogens is 214 g/mol. The molecule has 0 unspecified atom stereocenters. The van der Waals surface area contributed by atoms with E-state index in [1.54, 1.807) is 22.9 Å². The van der Waals surface area contributed by atoms with Crippen LogP contribution in [-0.4, -0.2) is 14.0 Å². The molecule has 0 amide bonds. The minimum Gasteiger partial charge on any atom is -0.285 e. The molecule has 84 valence electrons. The molecule has 0 fully saturated rings. The number of benzene rings is 1. The maximum absolute atomic E-state index is 11.8. The summed E-state index contributed by atoms with van der Waals surface area (Å²) in [6.45, 7) is 4.13. The SMILES string of the molecule is C=CCn1c(=O)ccn2c3ccccc3nc12. The molecule has 3 rings (SSSR count). The Kier molecular flexibility index (Phi) is 2.08. The number of imidazole rings is 1. The molecule has 0 N–H and O–H groups in total. The van der Waals surface area contributed by atoms with Crippen molar-refractivity contribution in [1.29, 1.82) is 0 Å². The van der Waals surface area contributed by atoms with Crippen molar-refractivity contribution in [2.45, 2.75) is 6.54 Å². The molecule has 17 heavy (non-hydrogen) atoms. The first-order valence-corrected chi connectivity index (χ1v) is 5.39. The minimum absolute atomic E-state index is 0.0623. The topological polar surface area (TPSA) is 39.3 Å². The Labute approximate surface area is 97.4 Å². The van der Waals surface area contributed by atoms with Gasteiger partial charge in [0, 0.05) is 18.8 Å². The summed E-state index contributed by atoms with van der Waals surface area (Å²) in [6.07, 6.45) is 3.45. The Morgan fingerprint density at radius 3 is 2.94 bits per heavy atom. The summed E-state index contributed by atoms with van der Waals surface area (Å²) in [6, 6.07) is 9.36. The zero-order valence-corrected chi connectivity index (χ0v) is 9.21. The van der Waals surface area contributed by atoms with Crippen LogP contribution in [0.5, 0.6) is 0 Å². The zero-order chi connectivity index (χ0) is 11.8. The zero-order valence-electron chi connectivity index (χ0n) is 9.21. The number of hydrogen-bond donors (Lipinski definition) is 0. The quantitative estimate of drug-likeness (QED) is 0.624. The Bertz CT molecular complexity index is 767. The van der Waals surface area contributed by atoms with E-state index in [4.69, 9.17) is 0 Å². The maximum Gasteiger partial charge on any atom is 0.255 e. The fourth-order valence-electron chi connectivity index (χ4n) is 2.00. The molecule has 0 bridgehead atoms. The second-order valence-corrected chi connectivity index (χ2v) is 3.82. The van der Waals surface area contributed by atoms with Crippen LogP contribution in [0, 0.1) is 0 Å². The van der Waals surface area contributed by atoms with Gasteiger partial charge in [0.05, 0.1) is 11.0 Å². The summed E-state index contributed by atoms with van der Waals surface area (Å²) < 4.78 is 3.52.